The summed E-state index contributed by atoms with van der Waals surface area (Å²) in [7, 11) is 0. The number of rotatable bonds is 4. The second-order valence-electron chi connectivity index (χ2n) is 4.98. The Bertz CT molecular complexity index is 180. The molecule has 0 aromatic rings. The molecule has 2 aliphatic rings. The van der Waals surface area contributed by atoms with Gasteiger partial charge in [-0.3, -0.25) is 0 Å². The van der Waals surface area contributed by atoms with Crippen LogP contribution in [0.4, 0.5) is 0 Å². The summed E-state index contributed by atoms with van der Waals surface area (Å²) in [5, 5.41) is 0. The van der Waals surface area contributed by atoms with Gasteiger partial charge in [0.1, 0.15) is 0 Å². The summed E-state index contributed by atoms with van der Waals surface area (Å²) in [6.07, 6.45) is 8.11. The van der Waals surface area contributed by atoms with E-state index < -0.39 is 0 Å². The molecule has 2 saturated heterocycles. The van der Waals surface area contributed by atoms with Gasteiger partial charge in [-0.25, -0.2) is 0 Å². The number of hydrogen-bond donors (Lipinski definition) is 1. The van der Waals surface area contributed by atoms with Crippen molar-refractivity contribution in [3.63, 3.8) is 0 Å². The van der Waals surface area contributed by atoms with Crippen molar-refractivity contribution in [3.8, 4) is 0 Å². The summed E-state index contributed by atoms with van der Waals surface area (Å²) < 4.78 is 5.62. The van der Waals surface area contributed by atoms with E-state index in [2.05, 4.69) is 4.90 Å². The molecule has 2 unspecified atom stereocenters. The first-order valence-corrected chi connectivity index (χ1v) is 6.44. The zero-order chi connectivity index (χ0) is 10.5. The SMILES string of the molecule is NC1CCCN(CCCC2CCCO2)C1. The molecule has 0 radical (unpaired) electrons. The Hall–Kier alpha value is -0.120. The van der Waals surface area contributed by atoms with Crippen LogP contribution in [0.2, 0.25) is 0 Å². The fraction of sp³-hybridized carbons (Fsp3) is 1.00. The first-order chi connectivity index (χ1) is 7.34. The summed E-state index contributed by atoms with van der Waals surface area (Å²) >= 11 is 0. The molecule has 2 heterocycles. The van der Waals surface area contributed by atoms with Crippen LogP contribution in [0.1, 0.15) is 38.5 Å². The number of likely N-dealkylation sites (tertiary alicyclic amines) is 1. The fourth-order valence-electron chi connectivity index (χ4n) is 2.71. The lowest BCUT2D eigenvalue weighted by Crippen LogP contribution is -2.43. The molecule has 2 rings (SSSR count). The second-order valence-corrected chi connectivity index (χ2v) is 4.98. The molecular formula is C12H24N2O. The number of ether oxygens (including phenoxy) is 1. The molecular weight excluding hydrogens is 188 g/mol. The molecule has 2 atom stereocenters. The van der Waals surface area contributed by atoms with E-state index in [0.29, 0.717) is 12.1 Å². The van der Waals surface area contributed by atoms with E-state index >= 15 is 0 Å². The van der Waals surface area contributed by atoms with Gasteiger partial charge in [0.15, 0.2) is 0 Å². The van der Waals surface area contributed by atoms with Crippen molar-refractivity contribution in [2.75, 3.05) is 26.2 Å². The van der Waals surface area contributed by atoms with Gasteiger partial charge < -0.3 is 15.4 Å². The maximum atomic E-state index is 5.95. The minimum absolute atomic E-state index is 0.418. The van der Waals surface area contributed by atoms with Crippen molar-refractivity contribution in [1.29, 1.82) is 0 Å². The highest BCUT2D eigenvalue weighted by molar-refractivity contribution is 4.75. The Morgan fingerprint density at radius 3 is 2.93 bits per heavy atom. The normalized spacial score (nSPS) is 33.4. The number of hydrogen-bond acceptors (Lipinski definition) is 3. The van der Waals surface area contributed by atoms with E-state index in [1.54, 1.807) is 0 Å². The molecule has 0 saturated carbocycles. The van der Waals surface area contributed by atoms with E-state index in [1.165, 1.54) is 51.6 Å². The third-order valence-corrected chi connectivity index (χ3v) is 3.57. The standard InChI is InChI=1S/C12H24N2O/c13-11-4-1-7-14(10-11)8-2-5-12-6-3-9-15-12/h11-12H,1-10,13H2. The van der Waals surface area contributed by atoms with Crippen molar-refractivity contribution in [2.24, 2.45) is 5.73 Å². The van der Waals surface area contributed by atoms with Gasteiger partial charge in [-0.2, -0.15) is 0 Å². The summed E-state index contributed by atoms with van der Waals surface area (Å²) in [6, 6.07) is 0.418. The van der Waals surface area contributed by atoms with Gasteiger partial charge in [0.05, 0.1) is 6.10 Å². The average Bonchev–Trinajstić information content (AvgIpc) is 2.71. The van der Waals surface area contributed by atoms with Gasteiger partial charge in [0, 0.05) is 19.2 Å². The van der Waals surface area contributed by atoms with Crippen LogP contribution in [0, 0.1) is 0 Å². The van der Waals surface area contributed by atoms with Crippen LogP contribution in [0.15, 0.2) is 0 Å². The third-order valence-electron chi connectivity index (χ3n) is 3.57. The Balaban J connectivity index is 1.56. The van der Waals surface area contributed by atoms with E-state index in [-0.39, 0.29) is 0 Å². The molecule has 2 N–H and O–H groups in total. The zero-order valence-corrected chi connectivity index (χ0v) is 9.66. The summed E-state index contributed by atoms with van der Waals surface area (Å²) in [6.45, 7) is 4.55. The zero-order valence-electron chi connectivity index (χ0n) is 9.66. The molecule has 2 aliphatic heterocycles. The lowest BCUT2D eigenvalue weighted by Gasteiger charge is -2.30. The lowest BCUT2D eigenvalue weighted by atomic mass is 10.1. The van der Waals surface area contributed by atoms with Crippen LogP contribution in [0.25, 0.3) is 0 Å². The molecule has 0 aliphatic carbocycles. The molecule has 88 valence electrons. The van der Waals surface area contributed by atoms with Crippen LogP contribution in [0.5, 0.6) is 0 Å². The molecule has 3 heteroatoms. The molecule has 0 spiro atoms. The van der Waals surface area contributed by atoms with E-state index in [9.17, 15) is 0 Å². The maximum Gasteiger partial charge on any atom is 0.0576 e. The highest BCUT2D eigenvalue weighted by Crippen LogP contribution is 2.17. The van der Waals surface area contributed by atoms with E-state index in [0.717, 1.165) is 13.2 Å². The average molecular weight is 212 g/mol. The first-order valence-electron chi connectivity index (χ1n) is 6.44. The Labute approximate surface area is 93.0 Å². The van der Waals surface area contributed by atoms with Gasteiger partial charge in [-0.1, -0.05) is 0 Å². The van der Waals surface area contributed by atoms with E-state index in [1.807, 2.05) is 0 Å². The van der Waals surface area contributed by atoms with Crippen molar-refractivity contribution in [3.05, 3.63) is 0 Å². The van der Waals surface area contributed by atoms with Gasteiger partial charge in [-0.05, 0) is 51.6 Å². The molecule has 0 aromatic carbocycles. The van der Waals surface area contributed by atoms with Crippen molar-refractivity contribution in [1.82, 2.24) is 4.90 Å². The van der Waals surface area contributed by atoms with Gasteiger partial charge in [0.25, 0.3) is 0 Å². The van der Waals surface area contributed by atoms with Crippen LogP contribution < -0.4 is 5.73 Å². The number of nitrogens with two attached hydrogens (primary N) is 1. The summed E-state index contributed by atoms with van der Waals surface area (Å²) in [5.41, 5.74) is 5.95. The minimum atomic E-state index is 0.418. The van der Waals surface area contributed by atoms with Crippen LogP contribution in [-0.4, -0.2) is 43.3 Å². The van der Waals surface area contributed by atoms with Crippen LogP contribution in [0.3, 0.4) is 0 Å². The predicted molar refractivity (Wildman–Crippen MR) is 61.9 cm³/mol. The summed E-state index contributed by atoms with van der Waals surface area (Å²) in [5.74, 6) is 0. The largest absolute Gasteiger partial charge is 0.378 e. The lowest BCUT2D eigenvalue weighted by molar-refractivity contribution is 0.0970. The first kappa shape index (κ1) is 11.4. The predicted octanol–water partition coefficient (Wildman–Crippen LogP) is 1.37. The maximum absolute atomic E-state index is 5.95. The quantitative estimate of drug-likeness (QED) is 0.765. The van der Waals surface area contributed by atoms with Gasteiger partial charge in [0.2, 0.25) is 0 Å². The van der Waals surface area contributed by atoms with Crippen molar-refractivity contribution < 1.29 is 4.74 Å². The Morgan fingerprint density at radius 2 is 2.20 bits per heavy atom. The van der Waals surface area contributed by atoms with Gasteiger partial charge in [-0.15, -0.1) is 0 Å². The topological polar surface area (TPSA) is 38.5 Å². The van der Waals surface area contributed by atoms with E-state index in [4.69, 9.17) is 10.5 Å². The van der Waals surface area contributed by atoms with Gasteiger partial charge >= 0.3 is 0 Å². The number of nitrogens with zero attached hydrogens (tertiary/aromatic N) is 1. The highest BCUT2D eigenvalue weighted by Gasteiger charge is 2.18. The number of piperidine rings is 1. The molecule has 0 aromatic heterocycles. The summed E-state index contributed by atoms with van der Waals surface area (Å²) in [4.78, 5) is 2.52. The van der Waals surface area contributed by atoms with Crippen molar-refractivity contribution >= 4 is 0 Å². The molecule has 3 nitrogen and oxygen atoms in total. The Morgan fingerprint density at radius 1 is 1.27 bits per heavy atom. The minimum Gasteiger partial charge on any atom is -0.378 e. The molecule has 0 amide bonds. The highest BCUT2D eigenvalue weighted by atomic mass is 16.5. The monoisotopic (exact) mass is 212 g/mol. The third kappa shape index (κ3) is 3.74. The molecule has 15 heavy (non-hydrogen) atoms. The second kappa shape index (κ2) is 5.83. The molecule has 0 bridgehead atoms. The van der Waals surface area contributed by atoms with Crippen LogP contribution in [-0.2, 0) is 4.74 Å². The van der Waals surface area contributed by atoms with Crippen molar-refractivity contribution in [2.45, 2.75) is 50.7 Å². The van der Waals surface area contributed by atoms with Crippen LogP contribution >= 0.6 is 0 Å². The smallest absolute Gasteiger partial charge is 0.0576 e. The molecule has 2 fully saturated rings. The fourth-order valence-corrected chi connectivity index (χ4v) is 2.71. The Kier molecular flexibility index (Phi) is 4.42.